The van der Waals surface area contributed by atoms with E-state index < -0.39 is 0 Å². The monoisotopic (exact) mass is 221 g/mol. The van der Waals surface area contributed by atoms with Crippen LogP contribution < -0.4 is 5.32 Å². The molecule has 0 saturated heterocycles. The molecule has 1 aromatic heterocycles. The summed E-state index contributed by atoms with van der Waals surface area (Å²) in [6.07, 6.45) is 6.12. The normalized spacial score (nSPS) is 14.7. The number of aromatic nitrogens is 2. The third-order valence-electron chi connectivity index (χ3n) is 2.80. The van der Waals surface area contributed by atoms with Gasteiger partial charge in [0.05, 0.1) is 5.69 Å². The number of hydrogen-bond donors (Lipinski definition) is 1. The summed E-state index contributed by atoms with van der Waals surface area (Å²) in [5.41, 5.74) is 1.21. The Morgan fingerprint density at radius 2 is 2.38 bits per heavy atom. The van der Waals surface area contributed by atoms with E-state index in [1.165, 1.54) is 0 Å². The topological polar surface area (TPSA) is 29.9 Å². The summed E-state index contributed by atoms with van der Waals surface area (Å²) in [4.78, 5) is 0. The van der Waals surface area contributed by atoms with Crippen molar-refractivity contribution in [3.8, 4) is 0 Å². The first-order valence-electron chi connectivity index (χ1n) is 5.92. The van der Waals surface area contributed by atoms with Gasteiger partial charge in [-0.05, 0) is 19.0 Å². The molecule has 0 aromatic carbocycles. The molecule has 0 aliphatic rings. The molecule has 90 valence electrons. The van der Waals surface area contributed by atoms with Crippen molar-refractivity contribution in [2.24, 2.45) is 12.5 Å². The van der Waals surface area contributed by atoms with E-state index in [0.29, 0.717) is 0 Å². The van der Waals surface area contributed by atoms with Crippen molar-refractivity contribution in [1.82, 2.24) is 15.1 Å². The van der Waals surface area contributed by atoms with Gasteiger partial charge in [0.15, 0.2) is 0 Å². The molecule has 0 saturated carbocycles. The first-order chi connectivity index (χ1) is 7.59. The zero-order chi connectivity index (χ0) is 12.0. The van der Waals surface area contributed by atoms with Gasteiger partial charge < -0.3 is 5.32 Å². The lowest BCUT2D eigenvalue weighted by molar-refractivity contribution is 0.386. The molecule has 0 radical (unpaired) electrons. The van der Waals surface area contributed by atoms with E-state index in [1.807, 2.05) is 24.0 Å². The molecule has 1 aromatic rings. The summed E-state index contributed by atoms with van der Waals surface area (Å²) < 4.78 is 1.85. The van der Waals surface area contributed by atoms with Gasteiger partial charge in [-0.2, -0.15) is 5.10 Å². The molecule has 0 aliphatic heterocycles. The average Bonchev–Trinajstić information content (AvgIpc) is 2.64. The van der Waals surface area contributed by atoms with Crippen molar-refractivity contribution in [3.05, 3.63) is 30.6 Å². The Hall–Kier alpha value is -1.09. The van der Waals surface area contributed by atoms with Crippen LogP contribution in [-0.2, 0) is 13.5 Å². The molecule has 0 fully saturated rings. The Labute approximate surface area is 98.5 Å². The maximum absolute atomic E-state index is 4.41. The third kappa shape index (κ3) is 3.81. The Kier molecular flexibility index (Phi) is 4.74. The summed E-state index contributed by atoms with van der Waals surface area (Å²) in [5, 5.41) is 7.86. The van der Waals surface area contributed by atoms with Crippen LogP contribution in [-0.4, -0.2) is 22.9 Å². The Morgan fingerprint density at radius 1 is 1.62 bits per heavy atom. The van der Waals surface area contributed by atoms with Crippen molar-refractivity contribution in [2.45, 2.75) is 26.7 Å². The molecule has 3 nitrogen and oxygen atoms in total. The van der Waals surface area contributed by atoms with Gasteiger partial charge in [-0.15, -0.1) is 6.58 Å². The predicted molar refractivity (Wildman–Crippen MR) is 68.4 cm³/mol. The molecule has 0 amide bonds. The van der Waals surface area contributed by atoms with Gasteiger partial charge in [-0.25, -0.2) is 0 Å². The highest BCUT2D eigenvalue weighted by Gasteiger charge is 2.21. The second-order valence-corrected chi connectivity index (χ2v) is 4.69. The summed E-state index contributed by atoms with van der Waals surface area (Å²) in [6, 6.07) is 2.07. The molecule has 1 atom stereocenters. The molecular weight excluding hydrogens is 198 g/mol. The molecule has 1 unspecified atom stereocenters. The van der Waals surface area contributed by atoms with E-state index in [1.54, 1.807) is 0 Å². The summed E-state index contributed by atoms with van der Waals surface area (Å²) in [5.74, 6) is 0. The number of nitrogens with one attached hydrogen (secondary N) is 1. The third-order valence-corrected chi connectivity index (χ3v) is 2.80. The highest BCUT2D eigenvalue weighted by Crippen LogP contribution is 2.22. The number of aryl methyl sites for hydroxylation is 1. The fraction of sp³-hybridized carbons (Fsp3) is 0.615. The van der Waals surface area contributed by atoms with Crippen molar-refractivity contribution < 1.29 is 0 Å². The molecule has 1 rings (SSSR count). The Morgan fingerprint density at radius 3 is 2.88 bits per heavy atom. The molecule has 3 heteroatoms. The average molecular weight is 221 g/mol. The second kappa shape index (κ2) is 5.85. The van der Waals surface area contributed by atoms with Crippen LogP contribution in [0.2, 0.25) is 0 Å². The predicted octanol–water partition coefficient (Wildman–Crippen LogP) is 2.15. The van der Waals surface area contributed by atoms with E-state index in [4.69, 9.17) is 0 Å². The molecule has 1 N–H and O–H groups in total. The van der Waals surface area contributed by atoms with Gasteiger partial charge >= 0.3 is 0 Å². The van der Waals surface area contributed by atoms with Crippen LogP contribution in [0.25, 0.3) is 0 Å². The van der Waals surface area contributed by atoms with Gasteiger partial charge in [0.1, 0.15) is 0 Å². The SMILES string of the molecule is C=CC(C)(CNCCC)Cc1ccn(C)n1. The second-order valence-electron chi connectivity index (χ2n) is 4.69. The first kappa shape index (κ1) is 13.0. The van der Waals surface area contributed by atoms with E-state index >= 15 is 0 Å². The summed E-state index contributed by atoms with van der Waals surface area (Å²) >= 11 is 0. The minimum atomic E-state index is 0.0868. The lowest BCUT2D eigenvalue weighted by atomic mass is 9.85. The van der Waals surface area contributed by atoms with Crippen molar-refractivity contribution in [2.75, 3.05) is 13.1 Å². The molecular formula is C13H23N3. The van der Waals surface area contributed by atoms with Gasteiger partial charge in [-0.3, -0.25) is 4.68 Å². The van der Waals surface area contributed by atoms with E-state index in [9.17, 15) is 0 Å². The van der Waals surface area contributed by atoms with Gasteiger partial charge in [-0.1, -0.05) is 19.9 Å². The van der Waals surface area contributed by atoms with Crippen LogP contribution in [0.5, 0.6) is 0 Å². The van der Waals surface area contributed by atoms with Gasteiger partial charge in [0.2, 0.25) is 0 Å². The largest absolute Gasteiger partial charge is 0.316 e. The smallest absolute Gasteiger partial charge is 0.0633 e. The van der Waals surface area contributed by atoms with E-state index in [-0.39, 0.29) is 5.41 Å². The maximum atomic E-state index is 4.41. The van der Waals surface area contributed by atoms with Crippen LogP contribution in [0.15, 0.2) is 24.9 Å². The van der Waals surface area contributed by atoms with Crippen molar-refractivity contribution in [3.63, 3.8) is 0 Å². The fourth-order valence-corrected chi connectivity index (χ4v) is 1.73. The molecule has 0 aliphatic carbocycles. The lowest BCUT2D eigenvalue weighted by Gasteiger charge is -2.25. The molecule has 0 spiro atoms. The van der Waals surface area contributed by atoms with Crippen LogP contribution in [0.1, 0.15) is 26.0 Å². The van der Waals surface area contributed by atoms with Crippen LogP contribution in [0, 0.1) is 5.41 Å². The summed E-state index contributed by atoms with van der Waals surface area (Å²) in [6.45, 7) is 10.4. The first-order valence-corrected chi connectivity index (χ1v) is 5.92. The van der Waals surface area contributed by atoms with Gasteiger partial charge in [0, 0.05) is 31.6 Å². The Balaban J connectivity index is 2.55. The highest BCUT2D eigenvalue weighted by molar-refractivity contribution is 5.07. The van der Waals surface area contributed by atoms with Gasteiger partial charge in [0.25, 0.3) is 0 Å². The summed E-state index contributed by atoms with van der Waals surface area (Å²) in [7, 11) is 1.95. The standard InChI is InChI=1S/C13H23N3/c1-5-8-14-11-13(3,6-2)10-12-7-9-16(4)15-12/h6-7,9,14H,2,5,8,10-11H2,1,3-4H3. The molecule has 1 heterocycles. The fourth-order valence-electron chi connectivity index (χ4n) is 1.73. The highest BCUT2D eigenvalue weighted by atomic mass is 15.2. The zero-order valence-corrected chi connectivity index (χ0v) is 10.7. The van der Waals surface area contributed by atoms with Crippen LogP contribution in [0.3, 0.4) is 0 Å². The van der Waals surface area contributed by atoms with E-state index in [2.05, 4.69) is 36.9 Å². The number of rotatable bonds is 7. The number of hydrogen-bond acceptors (Lipinski definition) is 2. The van der Waals surface area contributed by atoms with Crippen LogP contribution >= 0.6 is 0 Å². The lowest BCUT2D eigenvalue weighted by Crippen LogP contribution is -2.32. The van der Waals surface area contributed by atoms with Crippen molar-refractivity contribution in [1.29, 1.82) is 0 Å². The van der Waals surface area contributed by atoms with Crippen LogP contribution in [0.4, 0.5) is 0 Å². The zero-order valence-electron chi connectivity index (χ0n) is 10.7. The quantitative estimate of drug-likeness (QED) is 0.565. The number of nitrogens with zero attached hydrogens (tertiary/aromatic N) is 2. The van der Waals surface area contributed by atoms with E-state index in [0.717, 1.165) is 31.6 Å². The molecule has 0 bridgehead atoms. The maximum Gasteiger partial charge on any atom is 0.0633 e. The minimum absolute atomic E-state index is 0.0868. The molecule has 16 heavy (non-hydrogen) atoms. The minimum Gasteiger partial charge on any atom is -0.316 e. The Bertz CT molecular complexity index is 330. The van der Waals surface area contributed by atoms with Crippen molar-refractivity contribution >= 4 is 0 Å².